The number of fused-ring (bicyclic) bond motifs is 1. The maximum Gasteiger partial charge on any atom is 0.404 e. The molecular weight excluding hydrogens is 321 g/mol. The monoisotopic (exact) mass is 338 g/mol. The van der Waals surface area contributed by atoms with Gasteiger partial charge >= 0.3 is 6.18 Å². The fraction of sp³-hybridized carbons (Fsp3) is 0.353. The second kappa shape index (κ2) is 7.09. The SMILES string of the molecule is FC(F)(F)[C@@H](Cc1ccncc1)NC[C@H]1COc2ccccc2O1. The molecule has 0 fully saturated rings. The molecule has 0 aliphatic carbocycles. The van der Waals surface area contributed by atoms with E-state index in [1.54, 1.807) is 30.3 Å². The number of para-hydroxylation sites is 2. The van der Waals surface area contributed by atoms with Crippen LogP contribution in [0.4, 0.5) is 13.2 Å². The van der Waals surface area contributed by atoms with Gasteiger partial charge in [-0.2, -0.15) is 13.2 Å². The van der Waals surface area contributed by atoms with E-state index in [9.17, 15) is 13.2 Å². The quantitative estimate of drug-likeness (QED) is 0.910. The van der Waals surface area contributed by atoms with Gasteiger partial charge < -0.3 is 14.8 Å². The number of nitrogens with zero attached hydrogens (tertiary/aromatic N) is 1. The third kappa shape index (κ3) is 4.17. The number of rotatable bonds is 5. The number of hydrogen-bond donors (Lipinski definition) is 1. The number of halogens is 3. The summed E-state index contributed by atoms with van der Waals surface area (Å²) < 4.78 is 50.9. The summed E-state index contributed by atoms with van der Waals surface area (Å²) in [7, 11) is 0. The zero-order valence-corrected chi connectivity index (χ0v) is 12.8. The number of benzene rings is 1. The van der Waals surface area contributed by atoms with E-state index in [-0.39, 0.29) is 19.6 Å². The fourth-order valence-electron chi connectivity index (χ4n) is 2.50. The second-order valence-electron chi connectivity index (χ2n) is 5.56. The minimum Gasteiger partial charge on any atom is -0.486 e. The summed E-state index contributed by atoms with van der Waals surface area (Å²) in [6.45, 7) is 0.257. The summed E-state index contributed by atoms with van der Waals surface area (Å²) in [6, 6.07) is 8.62. The van der Waals surface area contributed by atoms with Crippen molar-refractivity contribution in [1.29, 1.82) is 0 Å². The molecule has 0 radical (unpaired) electrons. The van der Waals surface area contributed by atoms with Crippen molar-refractivity contribution in [2.24, 2.45) is 0 Å². The number of pyridine rings is 1. The fourth-order valence-corrected chi connectivity index (χ4v) is 2.50. The summed E-state index contributed by atoms with van der Waals surface area (Å²) in [5.74, 6) is 1.16. The van der Waals surface area contributed by atoms with E-state index in [0.29, 0.717) is 17.1 Å². The van der Waals surface area contributed by atoms with Gasteiger partial charge in [-0.1, -0.05) is 12.1 Å². The summed E-state index contributed by atoms with van der Waals surface area (Å²) in [5.41, 5.74) is 0.575. The summed E-state index contributed by atoms with van der Waals surface area (Å²) >= 11 is 0. The lowest BCUT2D eigenvalue weighted by Gasteiger charge is -2.29. The van der Waals surface area contributed by atoms with Crippen LogP contribution < -0.4 is 14.8 Å². The summed E-state index contributed by atoms with van der Waals surface area (Å²) in [4.78, 5) is 3.82. The van der Waals surface area contributed by atoms with Gasteiger partial charge in [-0.05, 0) is 36.2 Å². The van der Waals surface area contributed by atoms with Crippen molar-refractivity contribution in [2.45, 2.75) is 24.7 Å². The standard InChI is InChI=1S/C17H17F3N2O2/c18-17(19,20)16(9-12-5-7-21-8-6-12)22-10-13-11-23-14-3-1-2-4-15(14)24-13/h1-8,13,16,22H,9-11H2/t13-,16+/m0/s1. The van der Waals surface area contributed by atoms with E-state index in [0.717, 1.165) is 0 Å². The second-order valence-corrected chi connectivity index (χ2v) is 5.56. The predicted octanol–water partition coefficient (Wildman–Crippen LogP) is 2.98. The highest BCUT2D eigenvalue weighted by atomic mass is 19.4. The summed E-state index contributed by atoms with van der Waals surface area (Å²) in [6.07, 6.45) is -2.01. The van der Waals surface area contributed by atoms with Crippen LogP contribution in [-0.4, -0.2) is 36.5 Å². The van der Waals surface area contributed by atoms with Crippen molar-refractivity contribution in [3.63, 3.8) is 0 Å². The molecule has 2 aromatic rings. The normalized spacial score (nSPS) is 18.2. The lowest BCUT2D eigenvalue weighted by molar-refractivity contribution is -0.156. The number of alkyl halides is 3. The van der Waals surface area contributed by atoms with E-state index in [1.807, 2.05) is 6.07 Å². The van der Waals surface area contributed by atoms with Crippen LogP contribution in [0.5, 0.6) is 11.5 Å². The maximum absolute atomic E-state index is 13.2. The largest absolute Gasteiger partial charge is 0.486 e. The molecule has 24 heavy (non-hydrogen) atoms. The van der Waals surface area contributed by atoms with Crippen LogP contribution in [0.25, 0.3) is 0 Å². The Hall–Kier alpha value is -2.28. The Bertz CT molecular complexity index is 664. The molecule has 0 amide bonds. The molecule has 7 heteroatoms. The molecule has 0 bridgehead atoms. The first-order valence-electron chi connectivity index (χ1n) is 7.60. The van der Waals surface area contributed by atoms with Gasteiger partial charge in [0.25, 0.3) is 0 Å². The number of ether oxygens (including phenoxy) is 2. The third-order valence-corrected chi connectivity index (χ3v) is 3.74. The number of nitrogens with one attached hydrogen (secondary N) is 1. The first-order chi connectivity index (χ1) is 11.5. The molecule has 4 nitrogen and oxygen atoms in total. The van der Waals surface area contributed by atoms with Crippen LogP contribution in [0.3, 0.4) is 0 Å². The van der Waals surface area contributed by atoms with Crippen LogP contribution in [0.1, 0.15) is 5.56 Å². The Morgan fingerprint density at radius 2 is 1.83 bits per heavy atom. The van der Waals surface area contributed by atoms with Crippen molar-refractivity contribution in [2.75, 3.05) is 13.2 Å². The molecule has 2 atom stereocenters. The van der Waals surface area contributed by atoms with Crippen LogP contribution in [-0.2, 0) is 6.42 Å². The van der Waals surface area contributed by atoms with Gasteiger partial charge in [0.1, 0.15) is 18.8 Å². The Labute approximate surface area is 137 Å². The smallest absolute Gasteiger partial charge is 0.404 e. The molecule has 1 aromatic carbocycles. The van der Waals surface area contributed by atoms with E-state index >= 15 is 0 Å². The van der Waals surface area contributed by atoms with Gasteiger partial charge in [-0.15, -0.1) is 0 Å². The molecule has 128 valence electrons. The van der Waals surface area contributed by atoms with E-state index < -0.39 is 18.3 Å². The van der Waals surface area contributed by atoms with E-state index in [2.05, 4.69) is 10.3 Å². The third-order valence-electron chi connectivity index (χ3n) is 3.74. The molecular formula is C17H17F3N2O2. The van der Waals surface area contributed by atoms with Crippen LogP contribution in [0.2, 0.25) is 0 Å². The Balaban J connectivity index is 1.60. The molecule has 0 saturated heterocycles. The Morgan fingerprint density at radius 1 is 1.12 bits per heavy atom. The van der Waals surface area contributed by atoms with Gasteiger partial charge in [0, 0.05) is 18.9 Å². The van der Waals surface area contributed by atoms with Crippen LogP contribution >= 0.6 is 0 Å². The molecule has 3 rings (SSSR count). The lowest BCUT2D eigenvalue weighted by atomic mass is 10.1. The Kier molecular flexibility index (Phi) is 4.89. The topological polar surface area (TPSA) is 43.4 Å². The van der Waals surface area contributed by atoms with Gasteiger partial charge in [0.05, 0.1) is 0 Å². The van der Waals surface area contributed by atoms with Crippen molar-refractivity contribution < 1.29 is 22.6 Å². The van der Waals surface area contributed by atoms with Crippen molar-refractivity contribution in [3.05, 3.63) is 54.4 Å². The molecule has 1 aliphatic rings. The number of hydrogen-bond acceptors (Lipinski definition) is 4. The van der Waals surface area contributed by atoms with Crippen LogP contribution in [0, 0.1) is 0 Å². The minimum absolute atomic E-state index is 0.0452. The lowest BCUT2D eigenvalue weighted by Crippen LogP contribution is -2.49. The van der Waals surface area contributed by atoms with Gasteiger partial charge in [-0.25, -0.2) is 0 Å². The Morgan fingerprint density at radius 3 is 2.54 bits per heavy atom. The maximum atomic E-state index is 13.2. The highest BCUT2D eigenvalue weighted by Gasteiger charge is 2.39. The van der Waals surface area contributed by atoms with Crippen molar-refractivity contribution in [1.82, 2.24) is 10.3 Å². The zero-order valence-electron chi connectivity index (χ0n) is 12.8. The molecule has 0 saturated carbocycles. The van der Waals surface area contributed by atoms with Crippen molar-refractivity contribution >= 4 is 0 Å². The zero-order chi connectivity index (χ0) is 17.0. The molecule has 0 spiro atoms. The highest BCUT2D eigenvalue weighted by molar-refractivity contribution is 5.40. The van der Waals surface area contributed by atoms with E-state index in [1.165, 1.54) is 12.4 Å². The average Bonchev–Trinajstić information content (AvgIpc) is 2.58. The average molecular weight is 338 g/mol. The number of aromatic nitrogens is 1. The molecule has 1 aromatic heterocycles. The van der Waals surface area contributed by atoms with Gasteiger partial charge in [0.2, 0.25) is 0 Å². The first-order valence-corrected chi connectivity index (χ1v) is 7.60. The summed E-state index contributed by atoms with van der Waals surface area (Å²) in [5, 5.41) is 2.56. The minimum atomic E-state index is -4.35. The molecule has 1 aliphatic heterocycles. The highest BCUT2D eigenvalue weighted by Crippen LogP contribution is 2.31. The first kappa shape index (κ1) is 16.6. The van der Waals surface area contributed by atoms with Gasteiger partial charge in [0.15, 0.2) is 11.5 Å². The van der Waals surface area contributed by atoms with Crippen molar-refractivity contribution in [3.8, 4) is 11.5 Å². The van der Waals surface area contributed by atoms with Gasteiger partial charge in [-0.3, -0.25) is 4.98 Å². The van der Waals surface area contributed by atoms with E-state index in [4.69, 9.17) is 9.47 Å². The molecule has 1 N–H and O–H groups in total. The molecule has 2 heterocycles. The predicted molar refractivity (Wildman–Crippen MR) is 82.1 cm³/mol. The van der Waals surface area contributed by atoms with Crippen LogP contribution in [0.15, 0.2) is 48.8 Å². The molecule has 0 unspecified atom stereocenters.